The number of phenols is 3. The number of carbonyl (C=O) groups is 17. The molecule has 8 amide bonds. The average molecular weight is 1930 g/mol. The number of hydrazine groups is 1. The number of aliphatic carboxylic acids is 1. The van der Waals surface area contributed by atoms with Crippen molar-refractivity contribution in [3.8, 4) is 28.7 Å². The maximum atomic E-state index is 15.6. The number of carbonyl (C=O) groups excluding carboxylic acids is 16. The highest BCUT2D eigenvalue weighted by Crippen LogP contribution is 2.57. The van der Waals surface area contributed by atoms with Crippen molar-refractivity contribution in [2.45, 2.75) is 254 Å². The van der Waals surface area contributed by atoms with E-state index < -0.39 is 215 Å². The molecule has 4 heterocycles. The van der Waals surface area contributed by atoms with Crippen LogP contribution in [0.5, 0.6) is 28.7 Å². The summed E-state index contributed by atoms with van der Waals surface area (Å²) < 4.78 is 12.3. The van der Waals surface area contributed by atoms with Gasteiger partial charge in [0, 0.05) is 96.1 Å². The van der Waals surface area contributed by atoms with Gasteiger partial charge in [-0.1, -0.05) is 123 Å². The summed E-state index contributed by atoms with van der Waals surface area (Å²) >= 11 is 0. The van der Waals surface area contributed by atoms with Gasteiger partial charge in [-0.3, -0.25) is 87.9 Å². The van der Waals surface area contributed by atoms with Crippen LogP contribution in [-0.4, -0.2) is 209 Å². The smallest absolute Gasteiger partial charge is 0.340 e. The van der Waals surface area contributed by atoms with Crippen LogP contribution in [0.15, 0.2) is 152 Å². The Bertz CT molecular complexity index is 5750. The number of nitrogens with one attached hydrogen (secondary N) is 11. The van der Waals surface area contributed by atoms with Crippen LogP contribution in [0.3, 0.4) is 0 Å². The van der Waals surface area contributed by atoms with Crippen LogP contribution >= 0.6 is 0 Å². The Balaban J connectivity index is 0.873. The van der Waals surface area contributed by atoms with Crippen LogP contribution in [0, 0.1) is 17.8 Å². The number of aromatic nitrogens is 1. The lowest BCUT2D eigenvalue weighted by Gasteiger charge is -2.36. The molecule has 140 heavy (non-hydrogen) atoms. The number of aliphatic hydroxyl groups is 1. The third-order valence-electron chi connectivity index (χ3n) is 26.5. The van der Waals surface area contributed by atoms with Gasteiger partial charge in [-0.25, -0.2) is 10.2 Å². The zero-order valence-electron chi connectivity index (χ0n) is 79.0. The number of carboxylic acids is 1. The Morgan fingerprint density at radius 3 is 1.91 bits per heavy atom. The highest BCUT2D eigenvalue weighted by atomic mass is 16.6. The summed E-state index contributed by atoms with van der Waals surface area (Å²) in [6.45, 7) is 4.85. The Labute approximate surface area is 809 Å². The zero-order chi connectivity index (χ0) is 101. The van der Waals surface area contributed by atoms with E-state index in [4.69, 9.17) is 21.1 Å². The molecule has 0 radical (unpaired) electrons. The van der Waals surface area contributed by atoms with Crippen molar-refractivity contribution in [3.63, 3.8) is 0 Å². The second-order valence-corrected chi connectivity index (χ2v) is 37.2. The molecule has 1 aromatic heterocycles. The van der Waals surface area contributed by atoms with E-state index in [1.807, 2.05) is 12.2 Å². The van der Waals surface area contributed by atoms with E-state index in [-0.39, 0.29) is 129 Å². The number of benzene rings is 6. The lowest BCUT2D eigenvalue weighted by atomic mass is 9.77. The molecular formula is C103H125N13O24. The zero-order valence-corrected chi connectivity index (χ0v) is 79.0. The van der Waals surface area contributed by atoms with Crippen LogP contribution in [0.4, 0.5) is 0 Å². The number of hydrogen-bond donors (Lipinski definition) is 18. The molecule has 20 N–H and O–H groups in total. The largest absolute Gasteiger partial charge is 0.508 e. The number of para-hydroxylation sites is 1. The van der Waals surface area contributed by atoms with Crippen molar-refractivity contribution in [1.82, 2.24) is 58.3 Å². The second-order valence-electron chi connectivity index (χ2n) is 37.2. The van der Waals surface area contributed by atoms with E-state index in [2.05, 4.69) is 58.3 Å². The lowest BCUT2D eigenvalue weighted by Crippen LogP contribution is -2.63. The van der Waals surface area contributed by atoms with Gasteiger partial charge in [-0.05, 0) is 189 Å². The van der Waals surface area contributed by atoms with E-state index >= 15 is 28.8 Å². The molecule has 7 aromatic rings. The standard InChI is InChI=1S/C103H125N13O24/c1-58(89(127)91(129)60(3)116-105)110-96(134)82(57-117)113-100(138)101(4)44-18-11-9-7-6-8-10-12-19-45-102(5,115-97(135)81(48-62-22-14-13-15-23-62)108-56-71(121)26-21-29-83(122)64-32-37-74-73(50-64)98(136)140-103(74)75-38-35-69(119)52-85(75)139-86-53-70(120)36-39-76(86)103)99(137)112-79(41-43-88(125)126)95(133)111-80(47-63-30-33-68(118)34-31-63)84(123)51-65(49-66-54-106-77-28-17-16-27-72(66)77)93(131)109-59(2)90(128)92(130)78(40-42-87(104)124)107-55-67(94(132)114-101)46-61-24-20-25-61/h7,9,13-17,22-23,27-28,30-39,50,52-54,58-61,65,67,78-82,106-108,116-120H,6,8,10-12,18-21,24-26,29,40-49,51,55-57,105H2,1-5H3,(H2,104,124)(H,109,131)(H,110,134)(H,111,133)(H,112,137)(H,113,138)(H,114,132)(H,115,135)(H,125,126)/b9-7+/t58-,59?,60-,65+,67+,78-,79-,80-,81-,82-,101-,102+/m0/s1. The molecule has 1 fully saturated rings. The summed E-state index contributed by atoms with van der Waals surface area (Å²) in [5, 5.41) is 77.7. The molecule has 3 aliphatic heterocycles. The first-order valence-electron chi connectivity index (χ1n) is 47.5. The minimum absolute atomic E-state index is 0.0185. The van der Waals surface area contributed by atoms with Crippen LogP contribution < -0.4 is 69.6 Å². The number of primary amides is 1. The number of esters is 1. The van der Waals surface area contributed by atoms with Gasteiger partial charge in [0.15, 0.2) is 17.2 Å². The molecule has 37 heteroatoms. The number of fused-ring (bicyclic) bond motifs is 7. The number of ketones is 7. The number of phenolic OH excluding ortho intramolecular Hbond substituents is 3. The van der Waals surface area contributed by atoms with E-state index in [9.17, 15) is 78.3 Å². The summed E-state index contributed by atoms with van der Waals surface area (Å²) in [5.41, 5.74) is 5.87. The number of aromatic amines is 1. The Morgan fingerprint density at radius 1 is 0.600 bits per heavy atom. The quantitative estimate of drug-likeness (QED) is 0.00532. The third kappa shape index (κ3) is 27.7. The lowest BCUT2D eigenvalue weighted by molar-refractivity contribution is -0.141. The molecular weight excluding hydrogens is 1800 g/mol. The number of aromatic hydroxyl groups is 3. The second kappa shape index (κ2) is 49.0. The number of nitrogens with two attached hydrogens (primary N) is 2. The Hall–Kier alpha value is -14.0. The molecule has 6 aromatic carbocycles. The van der Waals surface area contributed by atoms with Crippen molar-refractivity contribution in [2.24, 2.45) is 29.3 Å². The van der Waals surface area contributed by atoms with Gasteiger partial charge in [-0.15, -0.1) is 0 Å². The Kier molecular flexibility index (Phi) is 37.3. The summed E-state index contributed by atoms with van der Waals surface area (Å²) in [5.74, 6) is -12.7. The van der Waals surface area contributed by atoms with Gasteiger partial charge in [0.1, 0.15) is 57.7 Å². The fourth-order valence-electron chi connectivity index (χ4n) is 17.9. The molecule has 12 atom stereocenters. The number of carboxylic acid groups (broad SMARTS) is 1. The summed E-state index contributed by atoms with van der Waals surface area (Å²) in [4.78, 5) is 247. The van der Waals surface area contributed by atoms with Crippen molar-refractivity contribution >= 4 is 111 Å². The molecule has 0 saturated heterocycles. The molecule has 4 aliphatic rings. The first-order chi connectivity index (χ1) is 66.8. The molecule has 1 spiro atoms. The van der Waals surface area contributed by atoms with Gasteiger partial charge in [0.25, 0.3) is 0 Å². The first kappa shape index (κ1) is 106. The van der Waals surface area contributed by atoms with E-state index in [0.717, 1.165) is 6.42 Å². The maximum absolute atomic E-state index is 15.6. The average Bonchev–Trinajstić information content (AvgIpc) is 1.51. The molecule has 1 unspecified atom stereocenters. The van der Waals surface area contributed by atoms with Crippen molar-refractivity contribution in [3.05, 3.63) is 196 Å². The number of Topliss-reactive ketones (excluding diaryl/α,β-unsaturated/α-hetero) is 7. The van der Waals surface area contributed by atoms with Gasteiger partial charge >= 0.3 is 11.9 Å². The van der Waals surface area contributed by atoms with Crippen LogP contribution in [-0.2, 0) is 102 Å². The maximum Gasteiger partial charge on any atom is 0.340 e. The topological polar surface area (TPSA) is 598 Å². The molecule has 1 aliphatic carbocycles. The normalized spacial score (nSPS) is 22.1. The first-order valence-corrected chi connectivity index (χ1v) is 47.5. The number of rotatable bonds is 33. The fraction of sp³-hybridized carbons (Fsp3) is 0.447. The van der Waals surface area contributed by atoms with E-state index in [1.54, 1.807) is 79.0 Å². The minimum Gasteiger partial charge on any atom is -0.508 e. The predicted octanol–water partition coefficient (Wildman–Crippen LogP) is 6.35. The monoisotopic (exact) mass is 1930 g/mol. The van der Waals surface area contributed by atoms with Gasteiger partial charge in [0.2, 0.25) is 70.4 Å². The predicted molar refractivity (Wildman–Crippen MR) is 511 cm³/mol. The van der Waals surface area contributed by atoms with E-state index in [1.165, 1.54) is 95.3 Å². The van der Waals surface area contributed by atoms with Crippen molar-refractivity contribution < 1.29 is 117 Å². The minimum atomic E-state index is -1.97. The molecule has 11 rings (SSSR count). The highest BCUT2D eigenvalue weighted by Gasteiger charge is 2.54. The third-order valence-corrected chi connectivity index (χ3v) is 26.5. The van der Waals surface area contributed by atoms with Crippen molar-refractivity contribution in [1.29, 1.82) is 0 Å². The van der Waals surface area contributed by atoms with Gasteiger partial charge < -0.3 is 88.3 Å². The molecule has 1 saturated carbocycles. The van der Waals surface area contributed by atoms with Crippen LogP contribution in [0.25, 0.3) is 10.9 Å². The number of hydrogen-bond acceptors (Lipinski definition) is 27. The molecule has 746 valence electrons. The fourth-order valence-corrected chi connectivity index (χ4v) is 17.9. The van der Waals surface area contributed by atoms with Gasteiger partial charge in [-0.2, -0.15) is 0 Å². The summed E-state index contributed by atoms with van der Waals surface area (Å²) in [6, 6.07) is 22.4. The summed E-state index contributed by atoms with van der Waals surface area (Å²) in [7, 11) is 0. The van der Waals surface area contributed by atoms with Crippen molar-refractivity contribution in [2.75, 3.05) is 19.7 Å². The summed E-state index contributed by atoms with van der Waals surface area (Å²) in [6.07, 6.45) is 6.70. The molecule has 0 bridgehead atoms. The Morgan fingerprint density at radius 2 is 1.25 bits per heavy atom. The van der Waals surface area contributed by atoms with Crippen LogP contribution in [0.2, 0.25) is 0 Å². The molecule has 37 nitrogen and oxygen atoms in total. The number of amides is 8. The number of aliphatic hydroxyl groups excluding tert-OH is 1. The SMILES string of the molecule is CC1NC(=O)[C@H](Cc2c[nH]c3ccccc23)CC(=O)[C@H](Cc2ccc(O)cc2)NC(=O)[C@H](CCC(=O)O)NC(=O)[C@](C)(NC(=O)[C@H](Cc2ccccc2)NCC(=O)CCCC(=O)c2ccc3c(c2)C(=O)OC32c3ccc(O)cc3Oc3cc(O)ccc32)CCCCCC/C=C/CCC[C@@](C)(C(=O)N[C@@H](CO)C(=O)N[C@@H](C)C(=O)C(=O)[C@H](C)NN)NC(=O)[C@H](CC2CCC2)CN[C@@H](CCC(N)=O)C(=O)C1=O. The number of H-pyrrole nitrogens is 1. The van der Waals surface area contributed by atoms with Crippen LogP contribution in [0.1, 0.15) is 224 Å². The number of ether oxygens (including phenoxy) is 2. The van der Waals surface area contributed by atoms with Gasteiger partial charge in [0.05, 0.1) is 60.9 Å². The number of allylic oxidation sites excluding steroid dienone is 2. The highest BCUT2D eigenvalue weighted by molar-refractivity contribution is 6.41. The van der Waals surface area contributed by atoms with E-state index in [0.29, 0.717) is 89.2 Å².